The molecule has 1 aliphatic rings. The van der Waals surface area contributed by atoms with Crippen molar-refractivity contribution in [3.63, 3.8) is 0 Å². The first-order valence-electron chi connectivity index (χ1n) is 7.41. The lowest BCUT2D eigenvalue weighted by molar-refractivity contribution is -0.713. The summed E-state index contributed by atoms with van der Waals surface area (Å²) in [6.07, 6.45) is 1.54. The fourth-order valence-electron chi connectivity index (χ4n) is 2.49. The molecule has 0 spiro atoms. The van der Waals surface area contributed by atoms with Crippen molar-refractivity contribution in [3.8, 4) is 23.0 Å². The standard InChI is InChI=1S/C15H9N3O10/c19-16(20)26-11-3-1-9(2-4-11)10-5-13-14(25-8-10)6-12(27-17(21)22)7-15(13)28-18(23)24/h1-7H,8H2. The summed E-state index contributed by atoms with van der Waals surface area (Å²) in [5.41, 5.74) is 1.37. The third kappa shape index (κ3) is 4.21. The van der Waals surface area contributed by atoms with Crippen LogP contribution in [-0.2, 0) is 0 Å². The molecule has 2 aromatic carbocycles. The van der Waals surface area contributed by atoms with Crippen molar-refractivity contribution in [1.29, 1.82) is 0 Å². The van der Waals surface area contributed by atoms with E-state index in [1.165, 1.54) is 36.4 Å². The predicted molar refractivity (Wildman–Crippen MR) is 89.1 cm³/mol. The Balaban J connectivity index is 1.97. The minimum absolute atomic E-state index is 0.0189. The van der Waals surface area contributed by atoms with Gasteiger partial charge in [0.25, 0.3) is 15.3 Å². The Morgan fingerprint density at radius 3 is 2.04 bits per heavy atom. The number of hydrogen-bond donors (Lipinski definition) is 0. The molecule has 0 saturated heterocycles. The summed E-state index contributed by atoms with van der Waals surface area (Å²) in [5.74, 6) is -0.512. The zero-order valence-corrected chi connectivity index (χ0v) is 13.7. The summed E-state index contributed by atoms with van der Waals surface area (Å²) < 4.78 is 5.52. The molecule has 13 heteroatoms. The first-order valence-corrected chi connectivity index (χ1v) is 7.41. The molecule has 1 aliphatic heterocycles. The van der Waals surface area contributed by atoms with E-state index < -0.39 is 15.3 Å². The Hall–Kier alpha value is -4.42. The van der Waals surface area contributed by atoms with Crippen LogP contribution in [0.4, 0.5) is 0 Å². The van der Waals surface area contributed by atoms with Gasteiger partial charge in [0.2, 0.25) is 0 Å². The molecular weight excluding hydrogens is 382 g/mol. The molecule has 0 unspecified atom stereocenters. The topological polar surface area (TPSA) is 166 Å². The monoisotopic (exact) mass is 391 g/mol. The molecule has 13 nitrogen and oxygen atoms in total. The molecule has 3 rings (SSSR count). The van der Waals surface area contributed by atoms with Crippen molar-refractivity contribution in [2.75, 3.05) is 6.61 Å². The highest BCUT2D eigenvalue weighted by Gasteiger charge is 2.21. The predicted octanol–water partition coefficient (Wildman–Crippen LogP) is 2.33. The van der Waals surface area contributed by atoms with E-state index in [2.05, 4.69) is 14.5 Å². The number of hydrogen-bond acceptors (Lipinski definition) is 10. The van der Waals surface area contributed by atoms with Crippen LogP contribution < -0.4 is 19.2 Å². The molecule has 0 atom stereocenters. The van der Waals surface area contributed by atoms with Crippen LogP contribution >= 0.6 is 0 Å². The van der Waals surface area contributed by atoms with Gasteiger partial charge >= 0.3 is 0 Å². The SMILES string of the molecule is O=[N+]([O-])Oc1ccc(C2=Cc3c(cc(O[N+](=O)[O-])cc3O[N+](=O)[O-])OC2)cc1. The summed E-state index contributed by atoms with van der Waals surface area (Å²) in [7, 11) is 0. The van der Waals surface area contributed by atoms with Crippen LogP contribution in [0.3, 0.4) is 0 Å². The molecule has 0 bridgehead atoms. The van der Waals surface area contributed by atoms with Gasteiger partial charge in [-0.05, 0) is 35.4 Å². The largest absolute Gasteiger partial charge is 0.488 e. The number of fused-ring (bicyclic) bond motifs is 1. The lowest BCUT2D eigenvalue weighted by Gasteiger charge is -2.20. The maximum absolute atomic E-state index is 10.7. The number of nitrogens with zero attached hydrogens (tertiary/aromatic N) is 3. The normalized spacial score (nSPS) is 12.1. The Bertz CT molecular complexity index is 986. The van der Waals surface area contributed by atoms with Crippen molar-refractivity contribution in [3.05, 3.63) is 77.9 Å². The van der Waals surface area contributed by atoms with E-state index in [9.17, 15) is 30.3 Å². The summed E-state index contributed by atoms with van der Waals surface area (Å²) >= 11 is 0. The van der Waals surface area contributed by atoms with E-state index in [0.717, 1.165) is 6.07 Å². The van der Waals surface area contributed by atoms with Gasteiger partial charge in [-0.15, -0.1) is 30.3 Å². The smallest absolute Gasteiger partial charge is 0.299 e. The quantitative estimate of drug-likeness (QED) is 0.504. The summed E-state index contributed by atoms with van der Waals surface area (Å²) in [4.78, 5) is 44.7. The Kier molecular flexibility index (Phi) is 4.89. The van der Waals surface area contributed by atoms with E-state index in [1.807, 2.05) is 0 Å². The summed E-state index contributed by atoms with van der Waals surface area (Å²) in [6, 6.07) is 8.01. The third-order valence-electron chi connectivity index (χ3n) is 3.54. The van der Waals surface area contributed by atoms with E-state index in [1.54, 1.807) is 0 Å². The van der Waals surface area contributed by atoms with Gasteiger partial charge in [0.1, 0.15) is 29.6 Å². The molecule has 0 aromatic heterocycles. The van der Waals surface area contributed by atoms with Crippen LogP contribution in [0, 0.1) is 30.3 Å². The Morgan fingerprint density at radius 2 is 1.43 bits per heavy atom. The Labute approximate surface area is 154 Å². The lowest BCUT2D eigenvalue weighted by Crippen LogP contribution is -2.12. The summed E-state index contributed by atoms with van der Waals surface area (Å²) in [5, 5.41) is 28.5. The molecule has 0 radical (unpaired) electrons. The van der Waals surface area contributed by atoms with Gasteiger partial charge in [0, 0.05) is 11.6 Å². The highest BCUT2D eigenvalue weighted by atomic mass is 17.0. The van der Waals surface area contributed by atoms with Crippen molar-refractivity contribution in [1.82, 2.24) is 0 Å². The maximum Gasteiger partial charge on any atom is 0.299 e. The average Bonchev–Trinajstić information content (AvgIpc) is 2.60. The molecule has 144 valence electrons. The Morgan fingerprint density at radius 1 is 0.821 bits per heavy atom. The fraction of sp³-hybridized carbons (Fsp3) is 0.0667. The molecule has 2 aromatic rings. The molecule has 28 heavy (non-hydrogen) atoms. The lowest BCUT2D eigenvalue weighted by atomic mass is 10.00. The van der Waals surface area contributed by atoms with Gasteiger partial charge < -0.3 is 4.74 Å². The van der Waals surface area contributed by atoms with Crippen molar-refractivity contribution >= 4 is 11.6 Å². The van der Waals surface area contributed by atoms with E-state index in [-0.39, 0.29) is 35.2 Å². The van der Waals surface area contributed by atoms with Crippen LogP contribution in [0.25, 0.3) is 11.6 Å². The second-order valence-corrected chi connectivity index (χ2v) is 5.26. The molecular formula is C15H9N3O10. The van der Waals surface area contributed by atoms with Gasteiger partial charge in [0.05, 0.1) is 0 Å². The maximum atomic E-state index is 10.7. The van der Waals surface area contributed by atoms with Crippen molar-refractivity contribution in [2.24, 2.45) is 0 Å². The van der Waals surface area contributed by atoms with Gasteiger partial charge in [-0.2, -0.15) is 0 Å². The van der Waals surface area contributed by atoms with Crippen LogP contribution in [0.2, 0.25) is 0 Å². The molecule has 0 aliphatic carbocycles. The second-order valence-electron chi connectivity index (χ2n) is 5.26. The molecule has 1 heterocycles. The third-order valence-corrected chi connectivity index (χ3v) is 3.54. The van der Waals surface area contributed by atoms with E-state index in [4.69, 9.17) is 4.74 Å². The van der Waals surface area contributed by atoms with Crippen LogP contribution in [0.5, 0.6) is 23.0 Å². The fourth-order valence-corrected chi connectivity index (χ4v) is 2.49. The zero-order chi connectivity index (χ0) is 20.3. The highest BCUT2D eigenvalue weighted by Crippen LogP contribution is 2.40. The van der Waals surface area contributed by atoms with Crippen molar-refractivity contribution < 1.29 is 34.5 Å². The first kappa shape index (κ1) is 18.4. The zero-order valence-electron chi connectivity index (χ0n) is 13.7. The number of ether oxygens (including phenoxy) is 1. The molecule has 0 N–H and O–H groups in total. The highest BCUT2D eigenvalue weighted by molar-refractivity contribution is 5.87. The minimum atomic E-state index is -1.07. The van der Waals surface area contributed by atoms with Gasteiger partial charge in [-0.3, -0.25) is 14.5 Å². The van der Waals surface area contributed by atoms with Gasteiger partial charge in [-0.25, -0.2) is 0 Å². The first-order chi connectivity index (χ1) is 13.3. The van der Waals surface area contributed by atoms with Crippen LogP contribution in [0.15, 0.2) is 36.4 Å². The summed E-state index contributed by atoms with van der Waals surface area (Å²) in [6.45, 7) is 0.0300. The van der Waals surface area contributed by atoms with Crippen LogP contribution in [0.1, 0.15) is 11.1 Å². The van der Waals surface area contributed by atoms with E-state index in [0.29, 0.717) is 11.1 Å². The molecule has 0 amide bonds. The minimum Gasteiger partial charge on any atom is -0.488 e. The second kappa shape index (κ2) is 7.45. The number of benzene rings is 2. The van der Waals surface area contributed by atoms with Crippen LogP contribution in [-0.4, -0.2) is 21.9 Å². The van der Waals surface area contributed by atoms with Gasteiger partial charge in [-0.1, -0.05) is 12.1 Å². The van der Waals surface area contributed by atoms with E-state index >= 15 is 0 Å². The molecule has 0 saturated carbocycles. The molecule has 0 fully saturated rings. The van der Waals surface area contributed by atoms with Crippen molar-refractivity contribution in [2.45, 2.75) is 0 Å². The number of rotatable bonds is 7. The average molecular weight is 391 g/mol. The van der Waals surface area contributed by atoms with Gasteiger partial charge in [0.15, 0.2) is 0 Å².